The molecule has 0 saturated carbocycles. The molecule has 9 heteroatoms. The van der Waals surface area contributed by atoms with E-state index in [9.17, 15) is 9.59 Å². The Morgan fingerprint density at radius 2 is 1.57 bits per heavy atom. The number of benzene rings is 2. The highest BCUT2D eigenvalue weighted by Gasteiger charge is 2.14. The van der Waals surface area contributed by atoms with Gasteiger partial charge in [0.1, 0.15) is 18.1 Å². The molecule has 0 atom stereocenters. The summed E-state index contributed by atoms with van der Waals surface area (Å²) in [6.45, 7) is 8.05. The van der Waals surface area contributed by atoms with Crippen LogP contribution >= 0.6 is 0 Å². The minimum atomic E-state index is -1.26. The zero-order chi connectivity index (χ0) is 26.6. The van der Waals surface area contributed by atoms with Gasteiger partial charge in [0.05, 0.1) is 5.69 Å². The highest BCUT2D eigenvalue weighted by molar-refractivity contribution is 5.92. The lowest BCUT2D eigenvalue weighted by molar-refractivity contribution is -0.134. The van der Waals surface area contributed by atoms with Gasteiger partial charge in [0, 0.05) is 35.8 Å². The smallest absolute Gasteiger partial charge is 0.328 e. The first-order valence-corrected chi connectivity index (χ1v) is 11.9. The second kappa shape index (κ2) is 13.6. The Balaban J connectivity index is 0.000000414. The van der Waals surface area contributed by atoms with Crippen molar-refractivity contribution in [3.63, 3.8) is 0 Å². The molecule has 0 spiro atoms. The molecule has 0 aliphatic heterocycles. The standard InChI is InChI=1S/C24H26N4O.C4H4O4/c1-3-27(4-2)17-18-29-21-14-12-20(13-15-21)28-24-22(11-8-16-25-24)23(26-28)19-9-6-5-7-10-19;5-3(6)1-2-4(7)8/h5-16H,3-4,17-18H2,1-2H3;1-2H,(H,5,6)(H,7,8)/b;2-1-. The van der Waals surface area contributed by atoms with E-state index in [0.29, 0.717) is 18.8 Å². The normalized spacial score (nSPS) is 10.9. The first kappa shape index (κ1) is 27.1. The third-order valence-corrected chi connectivity index (χ3v) is 5.51. The fraction of sp³-hybridized carbons (Fsp3) is 0.214. The molecule has 0 radical (unpaired) electrons. The fourth-order valence-corrected chi connectivity index (χ4v) is 3.60. The largest absolute Gasteiger partial charge is 0.492 e. The number of likely N-dealkylation sites (N-methyl/N-ethyl adjacent to an activating group) is 1. The first-order chi connectivity index (χ1) is 17.9. The number of carboxylic acids is 2. The van der Waals surface area contributed by atoms with Crippen LogP contribution in [-0.4, -0.2) is 68.1 Å². The number of rotatable bonds is 10. The predicted octanol–water partition coefficient (Wildman–Crippen LogP) is 4.52. The number of hydrogen-bond donors (Lipinski definition) is 2. The molecule has 0 aliphatic carbocycles. The highest BCUT2D eigenvalue weighted by Crippen LogP contribution is 2.28. The van der Waals surface area contributed by atoms with Gasteiger partial charge in [-0.2, -0.15) is 5.10 Å². The number of aliphatic carboxylic acids is 2. The molecule has 37 heavy (non-hydrogen) atoms. The number of carbonyl (C=O) groups is 2. The van der Waals surface area contributed by atoms with Crippen LogP contribution in [0.2, 0.25) is 0 Å². The van der Waals surface area contributed by atoms with Crippen molar-refractivity contribution < 1.29 is 24.5 Å². The molecular formula is C28H30N4O5. The average Bonchev–Trinajstić information content (AvgIpc) is 3.31. The molecule has 0 aliphatic rings. The lowest BCUT2D eigenvalue weighted by Gasteiger charge is -2.18. The summed E-state index contributed by atoms with van der Waals surface area (Å²) >= 11 is 0. The van der Waals surface area contributed by atoms with E-state index in [4.69, 9.17) is 20.0 Å². The number of ether oxygens (including phenoxy) is 1. The van der Waals surface area contributed by atoms with Crippen LogP contribution in [0.3, 0.4) is 0 Å². The van der Waals surface area contributed by atoms with E-state index in [-0.39, 0.29) is 0 Å². The number of fused-ring (bicyclic) bond motifs is 1. The summed E-state index contributed by atoms with van der Waals surface area (Å²) < 4.78 is 7.81. The number of pyridine rings is 1. The van der Waals surface area contributed by atoms with Crippen LogP contribution in [-0.2, 0) is 9.59 Å². The van der Waals surface area contributed by atoms with Gasteiger partial charge in [-0.1, -0.05) is 44.2 Å². The Hall–Kier alpha value is -4.50. The molecule has 0 bridgehead atoms. The Morgan fingerprint density at radius 3 is 2.16 bits per heavy atom. The summed E-state index contributed by atoms with van der Waals surface area (Å²) in [4.78, 5) is 26.0. The van der Waals surface area contributed by atoms with Gasteiger partial charge in [-0.15, -0.1) is 0 Å². The molecule has 0 fully saturated rings. The van der Waals surface area contributed by atoms with Crippen LogP contribution in [0.1, 0.15) is 13.8 Å². The van der Waals surface area contributed by atoms with E-state index in [1.807, 2.05) is 53.2 Å². The molecule has 2 heterocycles. The second-order valence-corrected chi connectivity index (χ2v) is 7.88. The van der Waals surface area contributed by atoms with E-state index < -0.39 is 11.9 Å². The summed E-state index contributed by atoms with van der Waals surface area (Å²) in [6, 6.07) is 22.3. The summed E-state index contributed by atoms with van der Waals surface area (Å²) in [7, 11) is 0. The van der Waals surface area contributed by atoms with Gasteiger partial charge < -0.3 is 19.8 Å². The van der Waals surface area contributed by atoms with Crippen LogP contribution in [0.4, 0.5) is 0 Å². The van der Waals surface area contributed by atoms with Crippen molar-refractivity contribution in [2.75, 3.05) is 26.2 Å². The zero-order valence-electron chi connectivity index (χ0n) is 20.8. The van der Waals surface area contributed by atoms with Crippen LogP contribution in [0.15, 0.2) is 85.1 Å². The topological polar surface area (TPSA) is 118 Å². The molecule has 2 aromatic carbocycles. The number of carboxylic acid groups (broad SMARTS) is 2. The van der Waals surface area contributed by atoms with Crippen molar-refractivity contribution >= 4 is 23.0 Å². The molecule has 2 N–H and O–H groups in total. The van der Waals surface area contributed by atoms with E-state index in [2.05, 4.69) is 41.9 Å². The maximum Gasteiger partial charge on any atom is 0.328 e. The summed E-state index contributed by atoms with van der Waals surface area (Å²) in [5.74, 6) is -1.64. The second-order valence-electron chi connectivity index (χ2n) is 7.88. The van der Waals surface area contributed by atoms with Gasteiger partial charge in [-0.05, 0) is 49.5 Å². The minimum absolute atomic E-state index is 0.558. The monoisotopic (exact) mass is 502 g/mol. The lowest BCUT2D eigenvalue weighted by atomic mass is 10.1. The minimum Gasteiger partial charge on any atom is -0.492 e. The van der Waals surface area contributed by atoms with Crippen molar-refractivity contribution in [3.8, 4) is 22.7 Å². The van der Waals surface area contributed by atoms with E-state index >= 15 is 0 Å². The molecule has 4 rings (SSSR count). The van der Waals surface area contributed by atoms with Gasteiger partial charge >= 0.3 is 11.9 Å². The highest BCUT2D eigenvalue weighted by atomic mass is 16.5. The SMILES string of the molecule is CCN(CC)CCOc1ccc(-n2nc(-c3ccccc3)c3cccnc32)cc1.O=C(O)/C=C\C(=O)O. The summed E-state index contributed by atoms with van der Waals surface area (Å²) in [5, 5.41) is 21.5. The Bertz CT molecular complexity index is 1310. The zero-order valence-corrected chi connectivity index (χ0v) is 20.8. The molecule has 0 amide bonds. The molecule has 4 aromatic rings. The molecule has 192 valence electrons. The van der Waals surface area contributed by atoms with Gasteiger partial charge in [-0.25, -0.2) is 19.3 Å². The third-order valence-electron chi connectivity index (χ3n) is 5.51. The summed E-state index contributed by atoms with van der Waals surface area (Å²) in [5.41, 5.74) is 3.84. The lowest BCUT2D eigenvalue weighted by Crippen LogP contribution is -2.27. The van der Waals surface area contributed by atoms with Crippen LogP contribution in [0.25, 0.3) is 28.0 Å². The maximum absolute atomic E-state index is 9.55. The third kappa shape index (κ3) is 7.74. The van der Waals surface area contributed by atoms with E-state index in [0.717, 1.165) is 53.4 Å². The van der Waals surface area contributed by atoms with Gasteiger partial charge in [0.15, 0.2) is 5.65 Å². The maximum atomic E-state index is 9.55. The number of nitrogens with zero attached hydrogens (tertiary/aromatic N) is 4. The fourth-order valence-electron chi connectivity index (χ4n) is 3.60. The van der Waals surface area contributed by atoms with E-state index in [1.54, 1.807) is 6.20 Å². The average molecular weight is 503 g/mol. The Labute approximate surface area is 215 Å². The van der Waals surface area contributed by atoms with Crippen LogP contribution in [0.5, 0.6) is 5.75 Å². The quantitative estimate of drug-likeness (QED) is 0.304. The summed E-state index contributed by atoms with van der Waals surface area (Å²) in [6.07, 6.45) is 2.92. The molecule has 0 unspecified atom stereocenters. The van der Waals surface area contributed by atoms with Gasteiger partial charge in [0.2, 0.25) is 0 Å². The van der Waals surface area contributed by atoms with Crippen LogP contribution in [0, 0.1) is 0 Å². The van der Waals surface area contributed by atoms with Crippen LogP contribution < -0.4 is 4.74 Å². The van der Waals surface area contributed by atoms with E-state index in [1.165, 1.54) is 0 Å². The Kier molecular flexibility index (Phi) is 9.92. The first-order valence-electron chi connectivity index (χ1n) is 11.9. The van der Waals surface area contributed by atoms with Crippen molar-refractivity contribution in [1.29, 1.82) is 0 Å². The molecule has 0 saturated heterocycles. The van der Waals surface area contributed by atoms with Gasteiger partial charge in [0.25, 0.3) is 0 Å². The van der Waals surface area contributed by atoms with Crippen molar-refractivity contribution in [2.24, 2.45) is 0 Å². The molecule has 9 nitrogen and oxygen atoms in total. The van der Waals surface area contributed by atoms with Crippen molar-refractivity contribution in [3.05, 3.63) is 85.1 Å². The predicted molar refractivity (Wildman–Crippen MR) is 142 cm³/mol. The molecular weight excluding hydrogens is 472 g/mol. The van der Waals surface area contributed by atoms with Gasteiger partial charge in [-0.3, -0.25) is 0 Å². The Morgan fingerprint density at radius 1 is 0.919 bits per heavy atom. The molecule has 2 aromatic heterocycles. The van der Waals surface area contributed by atoms with Crippen molar-refractivity contribution in [2.45, 2.75) is 13.8 Å². The number of hydrogen-bond acceptors (Lipinski definition) is 6. The van der Waals surface area contributed by atoms with Crippen molar-refractivity contribution in [1.82, 2.24) is 19.7 Å². The number of aromatic nitrogens is 3.